The Labute approximate surface area is 109 Å². The van der Waals surface area contributed by atoms with Gasteiger partial charge in [-0.25, -0.2) is 0 Å². The Morgan fingerprint density at radius 2 is 2.29 bits per heavy atom. The highest BCUT2D eigenvalue weighted by Gasteiger charge is 2.44. The van der Waals surface area contributed by atoms with Crippen LogP contribution in [-0.4, -0.2) is 17.3 Å². The average Bonchev–Trinajstić information content (AvgIpc) is 2.73. The minimum absolute atomic E-state index is 0.0834. The Bertz CT molecular complexity index is 397. The zero-order chi connectivity index (χ0) is 11.9. The summed E-state index contributed by atoms with van der Waals surface area (Å²) in [5.74, 6) is 0.290. The molecule has 2 unspecified atom stereocenters. The van der Waals surface area contributed by atoms with E-state index < -0.39 is 6.10 Å². The Hall–Kier alpha value is -0.320. The van der Waals surface area contributed by atoms with Crippen molar-refractivity contribution in [3.05, 3.63) is 22.6 Å². The molecule has 0 bridgehead atoms. The van der Waals surface area contributed by atoms with Gasteiger partial charge in [-0.15, -0.1) is 0 Å². The molecule has 0 radical (unpaired) electrons. The van der Waals surface area contributed by atoms with Gasteiger partial charge >= 0.3 is 0 Å². The summed E-state index contributed by atoms with van der Waals surface area (Å²) in [6, 6.07) is 1.84. The van der Waals surface area contributed by atoms with Crippen molar-refractivity contribution in [2.75, 3.05) is 6.61 Å². The second-order valence-electron chi connectivity index (χ2n) is 5.23. The van der Waals surface area contributed by atoms with Crippen LogP contribution in [0, 0.1) is 5.92 Å². The number of aliphatic hydroxyl groups excluding tert-OH is 1. The van der Waals surface area contributed by atoms with Gasteiger partial charge in [0.1, 0.15) is 0 Å². The fourth-order valence-corrected chi connectivity index (χ4v) is 3.50. The smallest absolute Gasteiger partial charge is 0.174 e. The van der Waals surface area contributed by atoms with E-state index in [9.17, 15) is 5.11 Å². The predicted molar refractivity (Wildman–Crippen MR) is 66.6 cm³/mol. The molecule has 0 amide bonds. The molecule has 1 N–H and O–H groups in total. The molecule has 1 saturated carbocycles. The summed E-state index contributed by atoms with van der Waals surface area (Å²) in [6.07, 6.45) is 6.65. The molecule has 3 rings (SSSR count). The van der Waals surface area contributed by atoms with Crippen molar-refractivity contribution >= 4 is 15.9 Å². The van der Waals surface area contributed by atoms with Crippen LogP contribution >= 0.6 is 15.9 Å². The standard InChI is InChI=1S/C13H17BrO3/c14-12-10(3-6-16-12)11(15)9-2-7-17-13(8-9)4-1-5-13/h3,6,9,11,15H,1-2,4-5,7-8H2. The average molecular weight is 301 g/mol. The number of hydrogen-bond donors (Lipinski definition) is 1. The van der Waals surface area contributed by atoms with Crippen LogP contribution < -0.4 is 0 Å². The molecule has 2 atom stereocenters. The van der Waals surface area contributed by atoms with Crippen LogP contribution in [0.5, 0.6) is 0 Å². The van der Waals surface area contributed by atoms with E-state index in [2.05, 4.69) is 15.9 Å². The van der Waals surface area contributed by atoms with Gasteiger partial charge in [0.05, 0.1) is 18.0 Å². The first-order valence-corrected chi connectivity index (χ1v) is 7.04. The fourth-order valence-electron chi connectivity index (χ4n) is 3.02. The zero-order valence-corrected chi connectivity index (χ0v) is 11.3. The lowest BCUT2D eigenvalue weighted by Crippen LogP contribution is -2.46. The van der Waals surface area contributed by atoms with E-state index in [0.717, 1.165) is 37.9 Å². The molecule has 2 aliphatic rings. The van der Waals surface area contributed by atoms with Crippen LogP contribution in [0.3, 0.4) is 0 Å². The number of ether oxygens (including phenoxy) is 1. The van der Waals surface area contributed by atoms with Gasteiger partial charge in [-0.1, -0.05) is 0 Å². The second kappa shape index (κ2) is 4.41. The van der Waals surface area contributed by atoms with Gasteiger partial charge in [-0.3, -0.25) is 0 Å². The van der Waals surface area contributed by atoms with Crippen molar-refractivity contribution in [1.29, 1.82) is 0 Å². The first-order valence-electron chi connectivity index (χ1n) is 6.25. The van der Waals surface area contributed by atoms with Crippen molar-refractivity contribution in [1.82, 2.24) is 0 Å². The maximum Gasteiger partial charge on any atom is 0.174 e. The number of rotatable bonds is 2. The molecule has 1 aromatic rings. The molecular weight excluding hydrogens is 284 g/mol. The van der Waals surface area contributed by atoms with Crippen LogP contribution in [-0.2, 0) is 4.74 Å². The van der Waals surface area contributed by atoms with E-state index in [1.807, 2.05) is 6.07 Å². The molecule has 1 aromatic heterocycles. The van der Waals surface area contributed by atoms with Crippen molar-refractivity contribution in [3.8, 4) is 0 Å². The van der Waals surface area contributed by atoms with Crippen LogP contribution in [0.1, 0.15) is 43.8 Å². The summed E-state index contributed by atoms with van der Waals surface area (Å²) in [7, 11) is 0. The van der Waals surface area contributed by atoms with Gasteiger partial charge in [-0.05, 0) is 60.0 Å². The minimum atomic E-state index is -0.440. The fraction of sp³-hybridized carbons (Fsp3) is 0.692. The Morgan fingerprint density at radius 1 is 1.47 bits per heavy atom. The van der Waals surface area contributed by atoms with E-state index in [0.29, 0.717) is 4.67 Å². The second-order valence-corrected chi connectivity index (χ2v) is 5.95. The SMILES string of the molecule is OC(c1ccoc1Br)C1CCOC2(CCC2)C1. The summed E-state index contributed by atoms with van der Waals surface area (Å²) in [6.45, 7) is 0.775. The summed E-state index contributed by atoms with van der Waals surface area (Å²) < 4.78 is 11.7. The Kier molecular flexibility index (Phi) is 3.05. The van der Waals surface area contributed by atoms with E-state index in [4.69, 9.17) is 9.15 Å². The topological polar surface area (TPSA) is 42.6 Å². The summed E-state index contributed by atoms with van der Waals surface area (Å²) in [5, 5.41) is 10.4. The maximum atomic E-state index is 10.4. The molecule has 2 heterocycles. The molecule has 17 heavy (non-hydrogen) atoms. The number of aliphatic hydroxyl groups is 1. The van der Waals surface area contributed by atoms with Gasteiger partial charge in [0.25, 0.3) is 0 Å². The van der Waals surface area contributed by atoms with Crippen LogP contribution in [0.4, 0.5) is 0 Å². The van der Waals surface area contributed by atoms with E-state index in [1.165, 1.54) is 6.42 Å². The summed E-state index contributed by atoms with van der Waals surface area (Å²) in [4.78, 5) is 0. The van der Waals surface area contributed by atoms with E-state index >= 15 is 0 Å². The van der Waals surface area contributed by atoms with Gasteiger partial charge in [0.2, 0.25) is 0 Å². The molecule has 94 valence electrons. The van der Waals surface area contributed by atoms with Crippen molar-refractivity contribution < 1.29 is 14.3 Å². The van der Waals surface area contributed by atoms with E-state index in [-0.39, 0.29) is 11.5 Å². The molecule has 3 nitrogen and oxygen atoms in total. The molecule has 1 spiro atoms. The lowest BCUT2D eigenvalue weighted by Gasteiger charge is -2.48. The minimum Gasteiger partial charge on any atom is -0.457 e. The molecular formula is C13H17BrO3. The Morgan fingerprint density at radius 3 is 2.88 bits per heavy atom. The summed E-state index contributed by atoms with van der Waals surface area (Å²) >= 11 is 3.34. The Balaban J connectivity index is 1.73. The van der Waals surface area contributed by atoms with Gasteiger partial charge in [0.15, 0.2) is 4.67 Å². The van der Waals surface area contributed by atoms with Gasteiger partial charge in [0, 0.05) is 12.2 Å². The first kappa shape index (κ1) is 11.8. The lowest BCUT2D eigenvalue weighted by atomic mass is 9.70. The highest BCUT2D eigenvalue weighted by molar-refractivity contribution is 9.10. The first-order chi connectivity index (χ1) is 8.20. The highest BCUT2D eigenvalue weighted by atomic mass is 79.9. The van der Waals surface area contributed by atoms with Crippen molar-refractivity contribution in [2.24, 2.45) is 5.92 Å². The van der Waals surface area contributed by atoms with E-state index in [1.54, 1.807) is 6.26 Å². The van der Waals surface area contributed by atoms with Crippen LogP contribution in [0.15, 0.2) is 21.4 Å². The predicted octanol–water partition coefficient (Wildman–Crippen LogP) is 3.42. The molecule has 2 fully saturated rings. The highest BCUT2D eigenvalue weighted by Crippen LogP contribution is 2.47. The number of hydrogen-bond acceptors (Lipinski definition) is 3. The quantitative estimate of drug-likeness (QED) is 0.910. The van der Waals surface area contributed by atoms with Crippen molar-refractivity contribution in [2.45, 2.75) is 43.8 Å². The molecule has 1 aliphatic carbocycles. The third-order valence-corrected chi connectivity index (χ3v) is 4.85. The molecule has 1 saturated heterocycles. The number of furan rings is 1. The normalized spacial score (nSPS) is 28.9. The molecule has 4 heteroatoms. The third kappa shape index (κ3) is 2.07. The molecule has 1 aliphatic heterocycles. The maximum absolute atomic E-state index is 10.4. The largest absolute Gasteiger partial charge is 0.457 e. The number of halogens is 1. The van der Waals surface area contributed by atoms with Crippen LogP contribution in [0.25, 0.3) is 0 Å². The zero-order valence-electron chi connectivity index (χ0n) is 9.69. The van der Waals surface area contributed by atoms with Crippen molar-refractivity contribution in [3.63, 3.8) is 0 Å². The summed E-state index contributed by atoms with van der Waals surface area (Å²) in [5.41, 5.74) is 0.950. The molecule has 0 aromatic carbocycles. The van der Waals surface area contributed by atoms with Gasteiger partial charge in [-0.2, -0.15) is 0 Å². The van der Waals surface area contributed by atoms with Crippen LogP contribution in [0.2, 0.25) is 0 Å². The monoisotopic (exact) mass is 300 g/mol. The lowest BCUT2D eigenvalue weighted by molar-refractivity contribution is -0.157. The third-order valence-electron chi connectivity index (χ3n) is 4.21. The van der Waals surface area contributed by atoms with Gasteiger partial charge < -0.3 is 14.3 Å².